The normalized spacial score (nSPS) is 35.3. The van der Waals surface area contributed by atoms with E-state index in [0.717, 1.165) is 0 Å². The van der Waals surface area contributed by atoms with E-state index in [4.69, 9.17) is 28.4 Å². The Morgan fingerprint density at radius 1 is 0.795 bits per heavy atom. The van der Waals surface area contributed by atoms with Crippen LogP contribution in [-0.2, 0) is 47.6 Å². The number of esters is 4. The average molecular weight is 553 g/mol. The van der Waals surface area contributed by atoms with Crippen LogP contribution in [0.25, 0.3) is 0 Å². The van der Waals surface area contributed by atoms with Crippen molar-refractivity contribution in [2.45, 2.75) is 69.4 Å². The number of hydrogen-bond donors (Lipinski definition) is 2. The first-order valence-electron chi connectivity index (χ1n) is 13.3. The van der Waals surface area contributed by atoms with Gasteiger partial charge in [-0.2, -0.15) is 0 Å². The molecule has 0 saturated carbocycles. The van der Waals surface area contributed by atoms with E-state index in [-0.39, 0.29) is 45.9 Å². The molecule has 0 amide bonds. The molecule has 39 heavy (non-hydrogen) atoms. The quantitative estimate of drug-likeness (QED) is 0.101. The summed E-state index contributed by atoms with van der Waals surface area (Å²) in [6.07, 6.45) is 6.40. The molecule has 6 unspecified atom stereocenters. The fourth-order valence-electron chi connectivity index (χ4n) is 5.87. The smallest absolute Gasteiger partial charge is 0.327 e. The van der Waals surface area contributed by atoms with E-state index in [1.54, 1.807) is 32.1 Å². The lowest BCUT2D eigenvalue weighted by Crippen LogP contribution is -2.57. The van der Waals surface area contributed by atoms with Gasteiger partial charge >= 0.3 is 23.9 Å². The average Bonchev–Trinajstić information content (AvgIpc) is 3.71. The van der Waals surface area contributed by atoms with Gasteiger partial charge in [0.25, 0.3) is 0 Å². The van der Waals surface area contributed by atoms with E-state index in [0.29, 0.717) is 19.3 Å². The lowest BCUT2D eigenvalue weighted by atomic mass is 9.68. The van der Waals surface area contributed by atoms with Crippen LogP contribution < -0.4 is 0 Å². The molecule has 0 aromatic rings. The minimum absolute atomic E-state index is 0.00365. The predicted octanol–water partition coefficient (Wildman–Crippen LogP) is 0.522. The molecule has 12 nitrogen and oxygen atoms in total. The molecular formula is C27H36O12. The highest BCUT2D eigenvalue weighted by molar-refractivity contribution is 6.03. The molecule has 0 spiro atoms. The zero-order chi connectivity index (χ0) is 28.3. The topological polar surface area (TPSA) is 164 Å². The summed E-state index contributed by atoms with van der Waals surface area (Å²) in [5.74, 6) is -3.12. The lowest BCUT2D eigenvalue weighted by molar-refractivity contribution is -0.184. The van der Waals surface area contributed by atoms with Gasteiger partial charge in [0, 0.05) is 12.8 Å². The summed E-state index contributed by atoms with van der Waals surface area (Å²) in [4.78, 5) is 51.8. The lowest BCUT2D eigenvalue weighted by Gasteiger charge is -2.36. The highest BCUT2D eigenvalue weighted by Crippen LogP contribution is 2.54. The van der Waals surface area contributed by atoms with Crippen LogP contribution in [0, 0.1) is 10.8 Å². The maximum absolute atomic E-state index is 13.1. The molecule has 0 aromatic carbocycles. The van der Waals surface area contributed by atoms with Crippen LogP contribution in [0.4, 0.5) is 0 Å². The van der Waals surface area contributed by atoms with Crippen LogP contribution in [0.1, 0.15) is 46.0 Å². The van der Waals surface area contributed by atoms with Crippen molar-refractivity contribution in [1.29, 1.82) is 0 Å². The Morgan fingerprint density at radius 3 is 2.00 bits per heavy atom. The number of rotatable bonds is 14. The van der Waals surface area contributed by atoms with Gasteiger partial charge in [-0.05, 0) is 33.1 Å². The Bertz CT molecular complexity index is 1040. The van der Waals surface area contributed by atoms with E-state index in [2.05, 4.69) is 0 Å². The Morgan fingerprint density at radius 2 is 1.41 bits per heavy atom. The number of aliphatic hydroxyl groups is 2. The van der Waals surface area contributed by atoms with Crippen LogP contribution in [0.3, 0.4) is 0 Å². The van der Waals surface area contributed by atoms with Crippen molar-refractivity contribution in [3.8, 4) is 0 Å². The molecule has 0 aliphatic carbocycles. The van der Waals surface area contributed by atoms with Crippen molar-refractivity contribution in [2.24, 2.45) is 10.8 Å². The first kappa shape index (κ1) is 29.2. The minimum Gasteiger partial charge on any atom is -0.465 e. The maximum Gasteiger partial charge on any atom is 0.327 e. The number of hydrogen-bond acceptors (Lipinski definition) is 12. The van der Waals surface area contributed by atoms with E-state index in [1.165, 1.54) is 6.08 Å². The van der Waals surface area contributed by atoms with Gasteiger partial charge in [0.1, 0.15) is 17.3 Å². The predicted molar refractivity (Wildman–Crippen MR) is 131 cm³/mol. The molecule has 6 atom stereocenters. The van der Waals surface area contributed by atoms with E-state index in [1.807, 2.05) is 0 Å². The largest absolute Gasteiger partial charge is 0.465 e. The summed E-state index contributed by atoms with van der Waals surface area (Å²) in [5.41, 5.74) is -6.09. The standard InChI is InChI=1S/C27H36O12/c1-3-34-20(30)26(15-24(16-28)10-9-19(26)39-24)21(31)36-12-6-5-7-13-37-23(33)27(22(32)35-4-2)14-18-8-11-25(27,17-29)38-18/h8-11,18-19,28-29H,3-7,12-17H2,1-2H3. The van der Waals surface area contributed by atoms with Crippen LogP contribution in [0.5, 0.6) is 0 Å². The monoisotopic (exact) mass is 552 g/mol. The first-order valence-corrected chi connectivity index (χ1v) is 13.3. The molecule has 12 heteroatoms. The summed E-state index contributed by atoms with van der Waals surface area (Å²) < 4.78 is 32.6. The molecule has 0 radical (unpaired) electrons. The van der Waals surface area contributed by atoms with Crippen molar-refractivity contribution in [3.05, 3.63) is 24.3 Å². The second-order valence-electron chi connectivity index (χ2n) is 10.2. The number of ether oxygens (including phenoxy) is 6. The third-order valence-corrected chi connectivity index (χ3v) is 7.91. The number of carbonyl (C=O) groups is 4. The third-order valence-electron chi connectivity index (χ3n) is 7.91. The minimum atomic E-state index is -1.78. The summed E-state index contributed by atoms with van der Waals surface area (Å²) >= 11 is 0. The zero-order valence-corrected chi connectivity index (χ0v) is 22.2. The number of aliphatic hydroxyl groups excluding tert-OH is 2. The second kappa shape index (κ2) is 11.4. The van der Waals surface area contributed by atoms with Gasteiger partial charge in [-0.25, -0.2) is 0 Å². The highest BCUT2D eigenvalue weighted by Gasteiger charge is 2.71. The van der Waals surface area contributed by atoms with Crippen molar-refractivity contribution in [3.63, 3.8) is 0 Å². The summed E-state index contributed by atoms with van der Waals surface area (Å²) in [6.45, 7) is 2.45. The second-order valence-corrected chi connectivity index (χ2v) is 10.2. The van der Waals surface area contributed by atoms with E-state index < -0.39 is 64.7 Å². The van der Waals surface area contributed by atoms with Crippen LogP contribution in [0.2, 0.25) is 0 Å². The van der Waals surface area contributed by atoms with Crippen LogP contribution in [-0.4, -0.2) is 97.1 Å². The summed E-state index contributed by atoms with van der Waals surface area (Å²) in [5, 5.41) is 19.7. The van der Waals surface area contributed by atoms with E-state index in [9.17, 15) is 29.4 Å². The molecule has 2 N–H and O–H groups in total. The van der Waals surface area contributed by atoms with Crippen molar-refractivity contribution >= 4 is 23.9 Å². The maximum atomic E-state index is 13.1. The van der Waals surface area contributed by atoms with Gasteiger partial charge in [0.15, 0.2) is 5.41 Å². The Hall–Kier alpha value is -2.80. The molecule has 0 aromatic heterocycles. The molecule has 216 valence electrons. The number of fused-ring (bicyclic) bond motifs is 4. The van der Waals surface area contributed by atoms with Crippen molar-refractivity contribution in [1.82, 2.24) is 0 Å². The third kappa shape index (κ3) is 4.66. The van der Waals surface area contributed by atoms with Crippen LogP contribution in [0.15, 0.2) is 24.3 Å². The Kier molecular flexibility index (Phi) is 8.50. The van der Waals surface area contributed by atoms with Crippen LogP contribution >= 0.6 is 0 Å². The van der Waals surface area contributed by atoms with Gasteiger partial charge in [-0.15, -0.1) is 0 Å². The molecule has 4 aliphatic rings. The summed E-state index contributed by atoms with van der Waals surface area (Å²) in [7, 11) is 0. The molecule has 4 bridgehead atoms. The van der Waals surface area contributed by atoms with E-state index >= 15 is 0 Å². The first-order chi connectivity index (χ1) is 18.7. The Balaban J connectivity index is 1.26. The molecule has 4 rings (SSSR count). The van der Waals surface area contributed by atoms with Gasteiger partial charge in [0.2, 0.25) is 5.41 Å². The van der Waals surface area contributed by atoms with Crippen molar-refractivity contribution < 1.29 is 57.8 Å². The van der Waals surface area contributed by atoms with Gasteiger partial charge < -0.3 is 38.6 Å². The molecule has 4 heterocycles. The number of unbranched alkanes of at least 4 members (excludes halogenated alkanes) is 2. The molecule has 4 aliphatic heterocycles. The molecular weight excluding hydrogens is 516 g/mol. The molecule has 2 fully saturated rings. The highest BCUT2D eigenvalue weighted by atomic mass is 16.6. The molecule has 2 saturated heterocycles. The fraction of sp³-hybridized carbons (Fsp3) is 0.704. The van der Waals surface area contributed by atoms with Gasteiger partial charge in [-0.3, -0.25) is 19.2 Å². The fourth-order valence-corrected chi connectivity index (χ4v) is 5.87. The SMILES string of the molecule is CCOC(=O)C1(C(=O)OCCCCCOC(=O)C2(C(=O)OCC)CC3C=CC2(CO)O3)CC2(CO)C=CC1O2. The number of carbonyl (C=O) groups excluding carboxylic acids is 4. The zero-order valence-electron chi connectivity index (χ0n) is 22.2. The van der Waals surface area contributed by atoms with Gasteiger partial charge in [-0.1, -0.05) is 24.3 Å². The summed E-state index contributed by atoms with van der Waals surface area (Å²) in [6, 6.07) is 0. The Labute approximate surface area is 226 Å². The van der Waals surface area contributed by atoms with Gasteiger partial charge in [0.05, 0.1) is 45.7 Å². The van der Waals surface area contributed by atoms with Crippen molar-refractivity contribution in [2.75, 3.05) is 39.6 Å².